The van der Waals surface area contributed by atoms with Gasteiger partial charge < -0.3 is 14.4 Å². The van der Waals surface area contributed by atoms with E-state index in [9.17, 15) is 4.79 Å². The Labute approximate surface area is 159 Å². The van der Waals surface area contributed by atoms with Gasteiger partial charge in [-0.25, -0.2) is 0 Å². The first-order valence-corrected chi connectivity index (χ1v) is 9.48. The van der Waals surface area contributed by atoms with Crippen molar-refractivity contribution in [1.29, 1.82) is 0 Å². The quantitative estimate of drug-likeness (QED) is 0.494. The second kappa shape index (κ2) is 7.32. The molecule has 2 aromatic carbocycles. The monoisotopic (exact) mass is 382 g/mol. The van der Waals surface area contributed by atoms with E-state index in [2.05, 4.69) is 10.2 Å². The van der Waals surface area contributed by atoms with Gasteiger partial charge in [0.1, 0.15) is 12.4 Å². The molecule has 0 unspecified atom stereocenters. The first kappa shape index (κ1) is 17.4. The van der Waals surface area contributed by atoms with Crippen LogP contribution in [-0.4, -0.2) is 42.6 Å². The van der Waals surface area contributed by atoms with Crippen molar-refractivity contribution in [2.45, 2.75) is 18.6 Å². The zero-order valence-corrected chi connectivity index (χ0v) is 15.5. The number of carboxylic acid groups (broad SMARTS) is 1. The first-order chi connectivity index (χ1) is 13.1. The number of ether oxygens (including phenoxy) is 1. The zero-order chi connectivity index (χ0) is 18.8. The highest BCUT2D eigenvalue weighted by Gasteiger charge is 2.17. The molecule has 27 heavy (non-hydrogen) atoms. The summed E-state index contributed by atoms with van der Waals surface area (Å²) < 4.78 is 9.80. The summed E-state index contributed by atoms with van der Waals surface area (Å²) >= 11 is 1.16. The van der Waals surface area contributed by atoms with Crippen molar-refractivity contribution in [3.63, 3.8) is 0 Å². The van der Waals surface area contributed by atoms with Crippen LogP contribution >= 0.6 is 11.8 Å². The van der Waals surface area contributed by atoms with Crippen molar-refractivity contribution in [2.24, 2.45) is 0 Å². The van der Waals surface area contributed by atoms with Gasteiger partial charge in [0.2, 0.25) is 5.78 Å². The Morgan fingerprint density at radius 1 is 1.11 bits per heavy atom. The number of rotatable bonds is 7. The Bertz CT molecular complexity index is 1100. The standard InChI is InChI=1S/C19H18N4O3S/c1-13-6-8-14(9-7-13)26-11-10-22-15-4-2-3-5-16(15)23-18(22)20-21-19(23)27-12-17(24)25/h2-9H,10-12H2,1H3,(H,24,25). The number of aliphatic carboxylic acids is 1. The second-order valence-corrected chi connectivity index (χ2v) is 7.04. The maximum absolute atomic E-state index is 10.9. The van der Waals surface area contributed by atoms with Gasteiger partial charge >= 0.3 is 5.97 Å². The number of hydrogen-bond acceptors (Lipinski definition) is 5. The minimum atomic E-state index is -0.882. The summed E-state index contributed by atoms with van der Waals surface area (Å²) in [4.78, 5) is 10.9. The third-order valence-corrected chi connectivity index (χ3v) is 5.11. The fourth-order valence-corrected chi connectivity index (χ4v) is 3.63. The van der Waals surface area contributed by atoms with Crippen molar-refractivity contribution in [3.8, 4) is 5.75 Å². The van der Waals surface area contributed by atoms with Crippen LogP contribution < -0.4 is 4.74 Å². The predicted octanol–water partition coefficient (Wildman–Crippen LogP) is 3.25. The van der Waals surface area contributed by atoms with Crippen LogP contribution in [0.2, 0.25) is 0 Å². The van der Waals surface area contributed by atoms with Crippen molar-refractivity contribution in [3.05, 3.63) is 54.1 Å². The Kier molecular flexibility index (Phi) is 4.72. The SMILES string of the molecule is Cc1ccc(OCCn2c3ccccc3n3c(SCC(=O)O)nnc23)cc1. The van der Waals surface area contributed by atoms with Gasteiger partial charge in [0.05, 0.1) is 23.3 Å². The number of nitrogens with zero attached hydrogens (tertiary/aromatic N) is 4. The van der Waals surface area contributed by atoms with Gasteiger partial charge in [-0.2, -0.15) is 0 Å². The molecule has 0 fully saturated rings. The number of imidazole rings is 1. The molecule has 8 heteroatoms. The third-order valence-electron chi connectivity index (χ3n) is 4.20. The van der Waals surface area contributed by atoms with Crippen molar-refractivity contribution in [2.75, 3.05) is 12.4 Å². The topological polar surface area (TPSA) is 81.7 Å². The molecular formula is C19H18N4O3S. The molecule has 1 N–H and O–H groups in total. The van der Waals surface area contributed by atoms with Crippen molar-refractivity contribution >= 4 is 34.5 Å². The lowest BCUT2D eigenvalue weighted by atomic mass is 10.2. The van der Waals surface area contributed by atoms with Crippen LogP contribution in [-0.2, 0) is 11.3 Å². The van der Waals surface area contributed by atoms with Crippen LogP contribution in [0.4, 0.5) is 0 Å². The smallest absolute Gasteiger partial charge is 0.313 e. The maximum Gasteiger partial charge on any atom is 0.313 e. The molecule has 0 saturated carbocycles. The van der Waals surface area contributed by atoms with E-state index in [0.717, 1.165) is 28.5 Å². The number of aryl methyl sites for hydroxylation is 1. The Morgan fingerprint density at radius 3 is 2.59 bits per heavy atom. The minimum Gasteiger partial charge on any atom is -0.492 e. The van der Waals surface area contributed by atoms with E-state index in [1.165, 1.54) is 5.56 Å². The highest BCUT2D eigenvalue weighted by Crippen LogP contribution is 2.25. The zero-order valence-electron chi connectivity index (χ0n) is 14.7. The van der Waals surface area contributed by atoms with Gasteiger partial charge in [-0.1, -0.05) is 41.6 Å². The molecular weight excluding hydrogens is 364 g/mol. The van der Waals surface area contributed by atoms with Crippen molar-refractivity contribution in [1.82, 2.24) is 19.2 Å². The summed E-state index contributed by atoms with van der Waals surface area (Å²) in [5, 5.41) is 18.0. The molecule has 0 radical (unpaired) electrons. The molecule has 4 rings (SSSR count). The van der Waals surface area contributed by atoms with Gasteiger partial charge in [0, 0.05) is 0 Å². The lowest BCUT2D eigenvalue weighted by molar-refractivity contribution is -0.133. The lowest BCUT2D eigenvalue weighted by Crippen LogP contribution is -2.08. The van der Waals surface area contributed by atoms with Gasteiger partial charge in [-0.05, 0) is 31.2 Å². The number of carbonyl (C=O) groups is 1. The van der Waals surface area contributed by atoms with E-state index in [-0.39, 0.29) is 5.75 Å². The number of carboxylic acids is 1. The Hall–Kier alpha value is -3.00. The van der Waals surface area contributed by atoms with E-state index < -0.39 is 5.97 Å². The molecule has 0 atom stereocenters. The average Bonchev–Trinajstić information content (AvgIpc) is 3.21. The normalized spacial score (nSPS) is 11.3. The summed E-state index contributed by atoms with van der Waals surface area (Å²) in [6.45, 7) is 3.13. The molecule has 4 aromatic rings. The van der Waals surface area contributed by atoms with Crippen LogP contribution in [0.1, 0.15) is 5.56 Å². The average molecular weight is 382 g/mol. The molecule has 0 bridgehead atoms. The fourth-order valence-electron chi connectivity index (χ4n) is 2.97. The number of hydrogen-bond donors (Lipinski definition) is 1. The number of benzene rings is 2. The van der Waals surface area contributed by atoms with Crippen LogP contribution in [0.25, 0.3) is 16.8 Å². The van der Waals surface area contributed by atoms with Crippen LogP contribution in [0.3, 0.4) is 0 Å². The van der Waals surface area contributed by atoms with Gasteiger partial charge in [-0.3, -0.25) is 9.20 Å². The van der Waals surface area contributed by atoms with E-state index in [1.54, 1.807) is 0 Å². The van der Waals surface area contributed by atoms with Crippen LogP contribution in [0, 0.1) is 6.92 Å². The van der Waals surface area contributed by atoms with E-state index >= 15 is 0 Å². The molecule has 0 aliphatic carbocycles. The third kappa shape index (κ3) is 3.48. The molecule has 0 aliphatic rings. The molecule has 0 aliphatic heterocycles. The summed E-state index contributed by atoms with van der Waals surface area (Å²) in [5.74, 6) is 0.562. The number of fused-ring (bicyclic) bond motifs is 3. The highest BCUT2D eigenvalue weighted by atomic mass is 32.2. The predicted molar refractivity (Wildman–Crippen MR) is 104 cm³/mol. The van der Waals surface area contributed by atoms with Gasteiger partial charge in [0.25, 0.3) is 0 Å². The Morgan fingerprint density at radius 2 is 1.85 bits per heavy atom. The molecule has 0 spiro atoms. The van der Waals surface area contributed by atoms with E-state index in [1.807, 2.05) is 64.4 Å². The van der Waals surface area contributed by atoms with Crippen LogP contribution in [0.5, 0.6) is 5.75 Å². The van der Waals surface area contributed by atoms with E-state index in [4.69, 9.17) is 9.84 Å². The van der Waals surface area contributed by atoms with Gasteiger partial charge in [-0.15, -0.1) is 10.2 Å². The second-order valence-electron chi connectivity index (χ2n) is 6.10. The molecule has 138 valence electrons. The van der Waals surface area contributed by atoms with Gasteiger partial charge in [0.15, 0.2) is 5.16 Å². The fraction of sp³-hybridized carbons (Fsp3) is 0.211. The molecule has 2 heterocycles. The Balaban J connectivity index is 1.62. The van der Waals surface area contributed by atoms with Crippen molar-refractivity contribution < 1.29 is 14.6 Å². The first-order valence-electron chi connectivity index (χ1n) is 8.50. The molecule has 0 amide bonds. The largest absolute Gasteiger partial charge is 0.492 e. The maximum atomic E-state index is 10.9. The highest BCUT2D eigenvalue weighted by molar-refractivity contribution is 7.99. The van der Waals surface area contributed by atoms with E-state index in [0.29, 0.717) is 24.1 Å². The summed E-state index contributed by atoms with van der Waals surface area (Å²) in [6.07, 6.45) is 0. The minimum absolute atomic E-state index is 0.0587. The molecule has 7 nitrogen and oxygen atoms in total. The molecule has 0 saturated heterocycles. The summed E-state index contributed by atoms with van der Waals surface area (Å²) in [5.41, 5.74) is 3.14. The summed E-state index contributed by atoms with van der Waals surface area (Å²) in [7, 11) is 0. The number of para-hydroxylation sites is 2. The lowest BCUT2D eigenvalue weighted by Gasteiger charge is -2.08. The summed E-state index contributed by atoms with van der Waals surface area (Å²) in [6, 6.07) is 15.9. The number of thioether (sulfide) groups is 1. The number of aromatic nitrogens is 4. The van der Waals surface area contributed by atoms with Crippen LogP contribution in [0.15, 0.2) is 53.7 Å². The molecule has 2 aromatic heterocycles.